The lowest BCUT2D eigenvalue weighted by Gasteiger charge is -2.14. The Morgan fingerprint density at radius 1 is 1.00 bits per heavy atom. The van der Waals surface area contributed by atoms with Crippen molar-refractivity contribution in [3.05, 3.63) is 41.5 Å². The van der Waals surface area contributed by atoms with Crippen LogP contribution in [-0.4, -0.2) is 30.7 Å². The molecule has 1 rings (SSSR count). The van der Waals surface area contributed by atoms with E-state index in [0.29, 0.717) is 0 Å². The van der Waals surface area contributed by atoms with E-state index in [1.807, 2.05) is 30.3 Å². The number of carbonyl (C=O) groups is 2. The van der Waals surface area contributed by atoms with Crippen molar-refractivity contribution in [1.82, 2.24) is 4.90 Å². The topological polar surface area (TPSA) is 37.4 Å². The lowest BCUT2D eigenvalue weighted by atomic mass is 9.98. The fraction of sp³-hybridized carbons (Fsp3) is 0.286. The largest absolute Gasteiger partial charge is 0.345 e. The molecule has 0 fully saturated rings. The van der Waals surface area contributed by atoms with Crippen molar-refractivity contribution in [3.8, 4) is 0 Å². The molecule has 1 amide bonds. The average molecular weight is 231 g/mol. The highest BCUT2D eigenvalue weighted by Gasteiger charge is 2.19. The van der Waals surface area contributed by atoms with Crippen molar-refractivity contribution in [2.45, 2.75) is 13.8 Å². The average Bonchev–Trinajstić information content (AvgIpc) is 2.29. The van der Waals surface area contributed by atoms with Crippen LogP contribution in [0.1, 0.15) is 19.4 Å². The van der Waals surface area contributed by atoms with Gasteiger partial charge in [0, 0.05) is 14.1 Å². The summed E-state index contributed by atoms with van der Waals surface area (Å²) in [6.07, 6.45) is 0. The predicted octanol–water partition coefficient (Wildman–Crippen LogP) is 2.14. The van der Waals surface area contributed by atoms with Gasteiger partial charge in [-0.3, -0.25) is 9.59 Å². The Hall–Kier alpha value is -1.90. The summed E-state index contributed by atoms with van der Waals surface area (Å²) in [4.78, 5) is 25.0. The molecule has 0 saturated carbocycles. The zero-order valence-corrected chi connectivity index (χ0v) is 10.7. The first kappa shape index (κ1) is 13.2. The molecule has 1 aromatic rings. The molecule has 3 heteroatoms. The van der Waals surface area contributed by atoms with Gasteiger partial charge in [-0.2, -0.15) is 0 Å². The third kappa shape index (κ3) is 3.03. The van der Waals surface area contributed by atoms with Crippen LogP contribution >= 0.6 is 0 Å². The smallest absolute Gasteiger partial charge is 0.257 e. The van der Waals surface area contributed by atoms with Gasteiger partial charge in [-0.1, -0.05) is 30.3 Å². The van der Waals surface area contributed by atoms with Gasteiger partial charge in [0.25, 0.3) is 5.91 Å². The molecule has 0 unspecified atom stereocenters. The first-order chi connectivity index (χ1) is 7.95. The molecule has 0 heterocycles. The van der Waals surface area contributed by atoms with Gasteiger partial charge in [0.15, 0.2) is 5.78 Å². The zero-order chi connectivity index (χ0) is 13.0. The van der Waals surface area contributed by atoms with Crippen LogP contribution < -0.4 is 0 Å². The van der Waals surface area contributed by atoms with Crippen LogP contribution in [0, 0.1) is 0 Å². The lowest BCUT2D eigenvalue weighted by molar-refractivity contribution is -0.127. The van der Waals surface area contributed by atoms with Crippen molar-refractivity contribution < 1.29 is 9.59 Å². The summed E-state index contributed by atoms with van der Waals surface area (Å²) in [5.74, 6) is -0.455. The quantitative estimate of drug-likeness (QED) is 0.454. The number of amides is 1. The highest BCUT2D eigenvalue weighted by Crippen LogP contribution is 2.19. The Balaban J connectivity index is 3.31. The molecule has 17 heavy (non-hydrogen) atoms. The first-order valence-corrected chi connectivity index (χ1v) is 5.44. The molecule has 90 valence electrons. The number of rotatable bonds is 3. The molecule has 3 nitrogen and oxygen atoms in total. The van der Waals surface area contributed by atoms with E-state index in [1.54, 1.807) is 21.0 Å². The summed E-state index contributed by atoms with van der Waals surface area (Å²) in [6, 6.07) is 9.45. The molecule has 1 aromatic carbocycles. The maximum Gasteiger partial charge on any atom is 0.257 e. The van der Waals surface area contributed by atoms with Crippen LogP contribution in [0.25, 0.3) is 5.57 Å². The van der Waals surface area contributed by atoms with E-state index in [4.69, 9.17) is 0 Å². The Morgan fingerprint density at radius 2 is 1.53 bits per heavy atom. The number of allylic oxidation sites excluding steroid dienone is 1. The number of Topliss-reactive ketones (excluding diaryl/α,β-unsaturated/α-hetero) is 1. The summed E-state index contributed by atoms with van der Waals surface area (Å²) in [7, 11) is 3.28. The second-order valence-corrected chi connectivity index (χ2v) is 4.12. The molecule has 0 aromatic heterocycles. The minimum Gasteiger partial charge on any atom is -0.345 e. The van der Waals surface area contributed by atoms with E-state index in [9.17, 15) is 9.59 Å². The van der Waals surface area contributed by atoms with Gasteiger partial charge in [0.05, 0.1) is 5.57 Å². The molecule has 0 bridgehead atoms. The summed E-state index contributed by atoms with van der Waals surface area (Å²) >= 11 is 0. The predicted molar refractivity (Wildman–Crippen MR) is 68.4 cm³/mol. The lowest BCUT2D eigenvalue weighted by Crippen LogP contribution is -2.27. The minimum atomic E-state index is -0.251. The first-order valence-electron chi connectivity index (χ1n) is 5.44. The number of hydrogen-bond donors (Lipinski definition) is 0. The van der Waals surface area contributed by atoms with Gasteiger partial charge in [-0.25, -0.2) is 0 Å². The second kappa shape index (κ2) is 5.43. The maximum absolute atomic E-state index is 11.9. The number of benzene rings is 1. The third-order valence-corrected chi connectivity index (χ3v) is 2.55. The molecule has 0 radical (unpaired) electrons. The number of likely N-dealkylation sites (N-methyl/N-ethyl adjacent to an activating group) is 1. The van der Waals surface area contributed by atoms with Crippen LogP contribution in [0.5, 0.6) is 0 Å². The standard InChI is InChI=1S/C14H17NO2/c1-10(12-8-6-5-7-9-12)13(11(2)16)14(17)15(3)4/h5-9H,1-4H3. The fourth-order valence-electron chi connectivity index (χ4n) is 1.63. The van der Waals surface area contributed by atoms with Gasteiger partial charge in [0.1, 0.15) is 0 Å². The van der Waals surface area contributed by atoms with E-state index in [0.717, 1.165) is 11.1 Å². The maximum atomic E-state index is 11.9. The molecule has 0 aliphatic carbocycles. The van der Waals surface area contributed by atoms with Crippen molar-refractivity contribution in [2.24, 2.45) is 0 Å². The van der Waals surface area contributed by atoms with Gasteiger partial charge in [-0.15, -0.1) is 0 Å². The zero-order valence-electron chi connectivity index (χ0n) is 10.7. The molecule has 0 atom stereocenters. The Kier molecular flexibility index (Phi) is 4.21. The fourth-order valence-corrected chi connectivity index (χ4v) is 1.63. The Bertz CT molecular complexity index is 458. The van der Waals surface area contributed by atoms with Gasteiger partial charge >= 0.3 is 0 Å². The van der Waals surface area contributed by atoms with Gasteiger partial charge in [-0.05, 0) is 25.0 Å². The van der Waals surface area contributed by atoms with Gasteiger partial charge < -0.3 is 4.90 Å². The number of nitrogens with zero attached hydrogens (tertiary/aromatic N) is 1. The van der Waals surface area contributed by atoms with Crippen molar-refractivity contribution in [3.63, 3.8) is 0 Å². The molecule has 0 aliphatic rings. The van der Waals surface area contributed by atoms with E-state index >= 15 is 0 Å². The molecule has 0 N–H and O–H groups in total. The van der Waals surface area contributed by atoms with Crippen LogP contribution in [0.4, 0.5) is 0 Å². The second-order valence-electron chi connectivity index (χ2n) is 4.12. The monoisotopic (exact) mass is 231 g/mol. The summed E-state index contributed by atoms with van der Waals surface area (Å²) < 4.78 is 0. The minimum absolute atomic E-state index is 0.204. The molecule has 0 spiro atoms. The van der Waals surface area contributed by atoms with Crippen molar-refractivity contribution in [1.29, 1.82) is 0 Å². The number of ketones is 1. The summed E-state index contributed by atoms with van der Waals surface area (Å²) in [5.41, 5.74) is 1.87. The SMILES string of the molecule is CC(=O)C(C(=O)N(C)C)=C(C)c1ccccc1. The molecule has 0 saturated heterocycles. The van der Waals surface area contributed by atoms with Crippen LogP contribution in [0.2, 0.25) is 0 Å². The normalized spacial score (nSPS) is 11.8. The highest BCUT2D eigenvalue weighted by atomic mass is 16.2. The van der Waals surface area contributed by atoms with Crippen LogP contribution in [-0.2, 0) is 9.59 Å². The Morgan fingerprint density at radius 3 is 1.94 bits per heavy atom. The number of hydrogen-bond acceptors (Lipinski definition) is 2. The number of carbonyl (C=O) groups excluding carboxylic acids is 2. The molecular weight excluding hydrogens is 214 g/mol. The summed E-state index contributed by atoms with van der Waals surface area (Å²) in [6.45, 7) is 3.22. The Labute approximate surface area is 102 Å². The van der Waals surface area contributed by atoms with E-state index in [-0.39, 0.29) is 17.3 Å². The van der Waals surface area contributed by atoms with E-state index < -0.39 is 0 Å². The van der Waals surface area contributed by atoms with E-state index in [2.05, 4.69) is 0 Å². The van der Waals surface area contributed by atoms with Crippen molar-refractivity contribution >= 4 is 17.3 Å². The van der Waals surface area contributed by atoms with Gasteiger partial charge in [0.2, 0.25) is 0 Å². The van der Waals surface area contributed by atoms with E-state index in [1.165, 1.54) is 11.8 Å². The van der Waals surface area contributed by atoms with Crippen molar-refractivity contribution in [2.75, 3.05) is 14.1 Å². The highest BCUT2D eigenvalue weighted by molar-refractivity contribution is 6.23. The van der Waals surface area contributed by atoms with Crippen LogP contribution in [0.3, 0.4) is 0 Å². The molecular formula is C14H17NO2. The van der Waals surface area contributed by atoms with Crippen LogP contribution in [0.15, 0.2) is 35.9 Å². The molecule has 0 aliphatic heterocycles. The summed E-state index contributed by atoms with van der Waals surface area (Å²) in [5, 5.41) is 0. The third-order valence-electron chi connectivity index (χ3n) is 2.55.